The Balaban J connectivity index is 1.61. The van der Waals surface area contributed by atoms with E-state index in [1.807, 2.05) is 30.3 Å². The first kappa shape index (κ1) is 25.7. The molecule has 9 nitrogen and oxygen atoms in total. The van der Waals surface area contributed by atoms with Gasteiger partial charge in [0.2, 0.25) is 0 Å². The van der Waals surface area contributed by atoms with Gasteiger partial charge in [0, 0.05) is 37.3 Å². The van der Waals surface area contributed by atoms with E-state index in [9.17, 15) is 9.90 Å². The van der Waals surface area contributed by atoms with E-state index in [0.29, 0.717) is 24.5 Å². The van der Waals surface area contributed by atoms with Crippen LogP contribution in [0.2, 0.25) is 0 Å². The maximum Gasteiger partial charge on any atom is 0.324 e. The molecule has 1 fully saturated rings. The molecule has 0 saturated carbocycles. The number of phenols is 1. The van der Waals surface area contributed by atoms with Crippen LogP contribution in [0.25, 0.3) is 0 Å². The van der Waals surface area contributed by atoms with Gasteiger partial charge >= 0.3 is 5.97 Å². The summed E-state index contributed by atoms with van der Waals surface area (Å²) in [6, 6.07) is 16.3. The summed E-state index contributed by atoms with van der Waals surface area (Å²) in [5.74, 6) is 0.527. The van der Waals surface area contributed by atoms with E-state index >= 15 is 0 Å². The number of piperazine rings is 1. The lowest BCUT2D eigenvalue weighted by Crippen LogP contribution is -2.57. The first-order valence-corrected chi connectivity index (χ1v) is 12.4. The SMILES string of the molecule is C=CCN1C[C@H](C)N([C@@H](c2cccc(O)c2)c2cccc(C3=NNN(CC(=O)OCC)N3)c2)C[C@H]1C. The van der Waals surface area contributed by atoms with Crippen molar-refractivity contribution in [1.29, 1.82) is 0 Å². The maximum atomic E-state index is 11.8. The Morgan fingerprint density at radius 2 is 1.94 bits per heavy atom. The smallest absolute Gasteiger partial charge is 0.324 e. The molecule has 0 aliphatic carbocycles. The van der Waals surface area contributed by atoms with Crippen molar-refractivity contribution in [1.82, 2.24) is 25.9 Å². The third-order valence-electron chi connectivity index (χ3n) is 6.64. The number of nitrogens with zero attached hydrogens (tertiary/aromatic N) is 4. The van der Waals surface area contributed by atoms with Crippen molar-refractivity contribution in [2.24, 2.45) is 5.10 Å². The van der Waals surface area contributed by atoms with Crippen molar-refractivity contribution in [2.45, 2.75) is 38.9 Å². The Bertz CT molecular complexity index is 1110. The monoisotopic (exact) mass is 492 g/mol. The van der Waals surface area contributed by atoms with Gasteiger partial charge in [0.1, 0.15) is 12.3 Å². The molecule has 2 aliphatic heterocycles. The van der Waals surface area contributed by atoms with Gasteiger partial charge in [0.05, 0.1) is 12.6 Å². The van der Waals surface area contributed by atoms with Crippen molar-refractivity contribution >= 4 is 11.8 Å². The highest BCUT2D eigenvalue weighted by Gasteiger charge is 2.34. The summed E-state index contributed by atoms with van der Waals surface area (Å²) in [6.07, 6.45) is 1.96. The summed E-state index contributed by atoms with van der Waals surface area (Å²) in [5, 5.41) is 16.1. The minimum atomic E-state index is -0.342. The van der Waals surface area contributed by atoms with Gasteiger partial charge < -0.3 is 9.84 Å². The molecular formula is C27H36N6O3. The quantitative estimate of drug-likeness (QED) is 0.364. The van der Waals surface area contributed by atoms with Crippen molar-refractivity contribution in [3.8, 4) is 5.75 Å². The van der Waals surface area contributed by atoms with Crippen LogP contribution in [-0.4, -0.2) is 76.7 Å². The highest BCUT2D eigenvalue weighted by Crippen LogP contribution is 2.35. The molecule has 3 atom stereocenters. The average Bonchev–Trinajstić information content (AvgIpc) is 3.31. The van der Waals surface area contributed by atoms with Crippen molar-refractivity contribution in [2.75, 3.05) is 32.8 Å². The number of hydrazone groups is 1. The number of carbonyl (C=O) groups is 1. The number of carbonyl (C=O) groups excluding carboxylic acids is 1. The Labute approximate surface area is 213 Å². The molecule has 0 bridgehead atoms. The van der Waals surface area contributed by atoms with Gasteiger partial charge in [-0.3, -0.25) is 20.0 Å². The van der Waals surface area contributed by atoms with Gasteiger partial charge in [0.25, 0.3) is 0 Å². The van der Waals surface area contributed by atoms with Crippen LogP contribution in [0.15, 0.2) is 66.3 Å². The number of rotatable bonds is 9. The van der Waals surface area contributed by atoms with E-state index in [0.717, 1.165) is 36.3 Å². The molecule has 192 valence electrons. The predicted molar refractivity (Wildman–Crippen MR) is 140 cm³/mol. The summed E-state index contributed by atoms with van der Waals surface area (Å²) in [7, 11) is 0. The predicted octanol–water partition coefficient (Wildman–Crippen LogP) is 2.61. The third kappa shape index (κ3) is 5.87. The molecule has 0 aromatic heterocycles. The molecule has 0 unspecified atom stereocenters. The minimum absolute atomic E-state index is 0.0246. The van der Waals surface area contributed by atoms with Crippen LogP contribution in [0.1, 0.15) is 43.5 Å². The molecule has 9 heteroatoms. The van der Waals surface area contributed by atoms with Gasteiger partial charge in [-0.05, 0) is 50.1 Å². The number of aromatic hydroxyl groups is 1. The lowest BCUT2D eigenvalue weighted by molar-refractivity contribution is -0.145. The van der Waals surface area contributed by atoms with E-state index in [2.05, 4.69) is 64.5 Å². The number of hydrazine groups is 2. The van der Waals surface area contributed by atoms with Crippen LogP contribution in [0, 0.1) is 0 Å². The zero-order chi connectivity index (χ0) is 25.7. The number of benzene rings is 2. The zero-order valence-electron chi connectivity index (χ0n) is 21.2. The van der Waals surface area contributed by atoms with E-state index in [-0.39, 0.29) is 24.3 Å². The van der Waals surface area contributed by atoms with Crippen LogP contribution in [0.4, 0.5) is 0 Å². The molecule has 1 saturated heterocycles. The van der Waals surface area contributed by atoms with Crippen LogP contribution in [-0.2, 0) is 9.53 Å². The Hall–Kier alpha value is -3.40. The molecule has 3 N–H and O–H groups in total. The molecule has 2 aromatic carbocycles. The number of esters is 1. The Morgan fingerprint density at radius 3 is 2.67 bits per heavy atom. The molecular weight excluding hydrogens is 456 g/mol. The molecule has 2 aliphatic rings. The normalized spacial score (nSPS) is 21.8. The van der Waals surface area contributed by atoms with E-state index in [1.165, 1.54) is 5.12 Å². The first-order valence-electron chi connectivity index (χ1n) is 12.4. The highest BCUT2D eigenvalue weighted by molar-refractivity contribution is 5.99. The largest absolute Gasteiger partial charge is 0.508 e. The van der Waals surface area contributed by atoms with Crippen molar-refractivity contribution in [3.05, 3.63) is 77.9 Å². The number of nitrogens with one attached hydrogen (secondary N) is 2. The van der Waals surface area contributed by atoms with Gasteiger partial charge in [-0.2, -0.15) is 0 Å². The summed E-state index contributed by atoms with van der Waals surface area (Å²) in [6.45, 7) is 13.2. The van der Waals surface area contributed by atoms with Crippen LogP contribution in [0.3, 0.4) is 0 Å². The fourth-order valence-corrected chi connectivity index (χ4v) is 4.96. The fraction of sp³-hybridized carbons (Fsp3) is 0.407. The summed E-state index contributed by atoms with van der Waals surface area (Å²) in [4.78, 5) is 16.8. The topological polar surface area (TPSA) is 92.7 Å². The summed E-state index contributed by atoms with van der Waals surface area (Å²) in [5.41, 5.74) is 8.98. The number of amidine groups is 1. The molecule has 2 heterocycles. The second-order valence-electron chi connectivity index (χ2n) is 9.32. The number of phenolic OH excluding ortho intramolecular Hbond substituents is 1. The highest BCUT2D eigenvalue weighted by atomic mass is 16.5. The summed E-state index contributed by atoms with van der Waals surface area (Å²) < 4.78 is 5.02. The summed E-state index contributed by atoms with van der Waals surface area (Å²) >= 11 is 0. The van der Waals surface area contributed by atoms with Crippen LogP contribution < -0.4 is 11.0 Å². The average molecular weight is 493 g/mol. The lowest BCUT2D eigenvalue weighted by Gasteiger charge is -2.47. The molecule has 0 radical (unpaired) electrons. The molecule has 0 amide bonds. The van der Waals surface area contributed by atoms with E-state index < -0.39 is 0 Å². The minimum Gasteiger partial charge on any atom is -0.508 e. The van der Waals surface area contributed by atoms with Gasteiger partial charge in [-0.15, -0.1) is 16.8 Å². The second kappa shape index (κ2) is 11.6. The third-order valence-corrected chi connectivity index (χ3v) is 6.64. The number of ether oxygens (including phenoxy) is 1. The Morgan fingerprint density at radius 1 is 1.19 bits per heavy atom. The van der Waals surface area contributed by atoms with Crippen molar-refractivity contribution in [3.63, 3.8) is 0 Å². The van der Waals surface area contributed by atoms with Crippen LogP contribution >= 0.6 is 0 Å². The standard InChI is InChI=1S/C27H36N6O3/c1-5-13-31-16-20(4)32(17-19(31)3)26(22-10-8-12-24(34)15-22)21-9-7-11-23(14-21)27-28-30-33(29-27)18-25(35)36-6-2/h5,7-12,14-15,19-20,26,30,34H,1,6,13,16-18H2,2-4H3,(H,28,29)/t19-,20+,26-/m1/s1. The molecule has 0 spiro atoms. The Kier molecular flexibility index (Phi) is 8.25. The lowest BCUT2D eigenvalue weighted by atomic mass is 9.92. The zero-order valence-corrected chi connectivity index (χ0v) is 21.2. The van der Waals surface area contributed by atoms with E-state index in [1.54, 1.807) is 13.0 Å². The molecule has 4 rings (SSSR count). The number of hydrogen-bond acceptors (Lipinski definition) is 9. The van der Waals surface area contributed by atoms with Gasteiger partial charge in [0.15, 0.2) is 5.84 Å². The first-order chi connectivity index (χ1) is 17.4. The van der Waals surface area contributed by atoms with Gasteiger partial charge in [-0.25, -0.2) is 5.53 Å². The fourth-order valence-electron chi connectivity index (χ4n) is 4.96. The van der Waals surface area contributed by atoms with Gasteiger partial charge in [-0.1, -0.05) is 36.4 Å². The van der Waals surface area contributed by atoms with Crippen molar-refractivity contribution < 1.29 is 14.6 Å². The maximum absolute atomic E-state index is 11.8. The molecule has 36 heavy (non-hydrogen) atoms. The number of hydrogen-bond donors (Lipinski definition) is 3. The second-order valence-corrected chi connectivity index (χ2v) is 9.32. The van der Waals surface area contributed by atoms with E-state index in [4.69, 9.17) is 4.74 Å². The molecule has 2 aromatic rings. The van der Waals surface area contributed by atoms with Crippen LogP contribution in [0.5, 0.6) is 5.75 Å².